The van der Waals surface area contributed by atoms with E-state index >= 15 is 0 Å². The van der Waals surface area contributed by atoms with Gasteiger partial charge >= 0.3 is 0 Å². The van der Waals surface area contributed by atoms with Crippen LogP contribution in [0.5, 0.6) is 0 Å². The average Bonchev–Trinajstić information content (AvgIpc) is 3.34. The molecule has 0 aliphatic carbocycles. The zero-order valence-corrected chi connectivity index (χ0v) is 15.6. The number of anilines is 1. The average molecular weight is 368 g/mol. The second-order valence-electron chi connectivity index (χ2n) is 5.65. The number of rotatable bonds is 5. The quantitative estimate of drug-likeness (QED) is 0.561. The zero-order valence-electron chi connectivity index (χ0n) is 13.9. The van der Waals surface area contributed by atoms with Gasteiger partial charge < -0.3 is 5.32 Å². The molecule has 4 rings (SSSR count). The van der Waals surface area contributed by atoms with Crippen molar-refractivity contribution in [2.75, 3.05) is 5.32 Å². The van der Waals surface area contributed by atoms with E-state index in [0.29, 0.717) is 6.54 Å². The van der Waals surface area contributed by atoms with E-state index in [1.807, 2.05) is 49.1 Å². The van der Waals surface area contributed by atoms with Crippen molar-refractivity contribution in [1.82, 2.24) is 19.7 Å². The van der Waals surface area contributed by atoms with E-state index in [0.717, 1.165) is 37.7 Å². The van der Waals surface area contributed by atoms with Gasteiger partial charge in [0.15, 0.2) is 5.13 Å². The molecule has 25 heavy (non-hydrogen) atoms. The minimum absolute atomic E-state index is 0.673. The maximum atomic E-state index is 4.70. The van der Waals surface area contributed by atoms with Gasteiger partial charge in [-0.1, -0.05) is 41.7 Å². The van der Waals surface area contributed by atoms with Crippen LogP contribution in [-0.2, 0) is 13.6 Å². The zero-order chi connectivity index (χ0) is 17.2. The summed E-state index contributed by atoms with van der Waals surface area (Å²) in [6.45, 7) is 2.69. The summed E-state index contributed by atoms with van der Waals surface area (Å²) in [6, 6.07) is 12.2. The molecule has 0 bridgehead atoms. The normalized spacial score (nSPS) is 11.0. The first-order valence-corrected chi connectivity index (χ1v) is 9.60. The molecule has 3 aromatic heterocycles. The van der Waals surface area contributed by atoms with Crippen molar-refractivity contribution in [3.63, 3.8) is 0 Å². The van der Waals surface area contributed by atoms with E-state index in [-0.39, 0.29) is 0 Å². The van der Waals surface area contributed by atoms with Crippen molar-refractivity contribution in [3.05, 3.63) is 58.7 Å². The number of nitrogens with one attached hydrogen (secondary N) is 1. The molecule has 4 aromatic rings. The summed E-state index contributed by atoms with van der Waals surface area (Å²) in [5.74, 6) is 0. The van der Waals surface area contributed by atoms with Gasteiger partial charge in [-0.2, -0.15) is 5.10 Å². The fraction of sp³-hybridized carbons (Fsp3) is 0.167. The maximum absolute atomic E-state index is 4.70. The smallest absolute Gasteiger partial charge is 0.183 e. The first kappa shape index (κ1) is 16.0. The SMILES string of the molecule is Cc1nc(NCc2nc(-c3ccccc3)cs2)sc1-c1ccn(C)n1. The van der Waals surface area contributed by atoms with Crippen LogP contribution in [0.3, 0.4) is 0 Å². The van der Waals surface area contributed by atoms with Crippen molar-refractivity contribution < 1.29 is 0 Å². The van der Waals surface area contributed by atoms with E-state index < -0.39 is 0 Å². The van der Waals surface area contributed by atoms with Gasteiger partial charge in [-0.25, -0.2) is 9.97 Å². The largest absolute Gasteiger partial charge is 0.355 e. The van der Waals surface area contributed by atoms with Crippen LogP contribution >= 0.6 is 22.7 Å². The molecule has 0 saturated heterocycles. The lowest BCUT2D eigenvalue weighted by Crippen LogP contribution is -1.98. The summed E-state index contributed by atoms with van der Waals surface area (Å²) in [5, 5.41) is 11.9. The van der Waals surface area contributed by atoms with Gasteiger partial charge in [0, 0.05) is 24.2 Å². The predicted molar refractivity (Wildman–Crippen MR) is 104 cm³/mol. The molecule has 0 amide bonds. The molecule has 0 radical (unpaired) electrons. The minimum atomic E-state index is 0.673. The van der Waals surface area contributed by atoms with E-state index in [1.54, 1.807) is 22.7 Å². The van der Waals surface area contributed by atoms with Crippen LogP contribution in [0.15, 0.2) is 48.0 Å². The maximum Gasteiger partial charge on any atom is 0.183 e. The first-order chi connectivity index (χ1) is 12.2. The number of benzene rings is 1. The predicted octanol–water partition coefficient (Wildman–Crippen LogP) is 4.59. The lowest BCUT2D eigenvalue weighted by atomic mass is 10.2. The number of hydrogen-bond acceptors (Lipinski definition) is 6. The second-order valence-corrected chi connectivity index (χ2v) is 7.60. The highest BCUT2D eigenvalue weighted by Gasteiger charge is 2.12. The van der Waals surface area contributed by atoms with E-state index in [1.165, 1.54) is 0 Å². The topological polar surface area (TPSA) is 55.6 Å². The van der Waals surface area contributed by atoms with E-state index in [4.69, 9.17) is 4.98 Å². The van der Waals surface area contributed by atoms with Gasteiger partial charge in [0.05, 0.1) is 22.8 Å². The highest BCUT2D eigenvalue weighted by Crippen LogP contribution is 2.32. The van der Waals surface area contributed by atoms with Gasteiger partial charge in [0.25, 0.3) is 0 Å². The third-order valence-electron chi connectivity index (χ3n) is 3.75. The molecule has 0 atom stereocenters. The molecular weight excluding hydrogens is 350 g/mol. The van der Waals surface area contributed by atoms with Crippen LogP contribution < -0.4 is 5.32 Å². The summed E-state index contributed by atoms with van der Waals surface area (Å²) < 4.78 is 1.81. The Morgan fingerprint density at radius 1 is 1.08 bits per heavy atom. The van der Waals surface area contributed by atoms with Crippen LogP contribution in [0.1, 0.15) is 10.7 Å². The molecule has 1 aromatic carbocycles. The molecule has 0 fully saturated rings. The Hall–Kier alpha value is -2.51. The highest BCUT2D eigenvalue weighted by atomic mass is 32.1. The van der Waals surface area contributed by atoms with Gasteiger partial charge in [0.2, 0.25) is 0 Å². The Balaban J connectivity index is 1.46. The molecule has 0 aliphatic heterocycles. The van der Waals surface area contributed by atoms with Crippen LogP contribution in [0.4, 0.5) is 5.13 Å². The molecule has 5 nitrogen and oxygen atoms in total. The Morgan fingerprint density at radius 2 is 1.92 bits per heavy atom. The third-order valence-corrected chi connectivity index (χ3v) is 5.74. The standard InChI is InChI=1S/C18H17N5S2/c1-12-17(14-8-9-23(2)22-14)25-18(20-12)19-10-16-21-15(11-24-16)13-6-4-3-5-7-13/h3-9,11H,10H2,1-2H3,(H,19,20). The Bertz CT molecular complexity index is 984. The van der Waals surface area contributed by atoms with Gasteiger partial charge in [-0.15, -0.1) is 11.3 Å². The van der Waals surface area contributed by atoms with Crippen molar-refractivity contribution in [2.24, 2.45) is 7.05 Å². The summed E-state index contributed by atoms with van der Waals surface area (Å²) in [5.41, 5.74) is 4.13. The van der Waals surface area contributed by atoms with Crippen molar-refractivity contribution in [3.8, 4) is 21.8 Å². The van der Waals surface area contributed by atoms with Crippen LogP contribution in [0, 0.1) is 6.92 Å². The highest BCUT2D eigenvalue weighted by molar-refractivity contribution is 7.19. The molecule has 1 N–H and O–H groups in total. The Morgan fingerprint density at radius 3 is 2.68 bits per heavy atom. The van der Waals surface area contributed by atoms with E-state index in [9.17, 15) is 0 Å². The van der Waals surface area contributed by atoms with Crippen LogP contribution in [0.25, 0.3) is 21.8 Å². The first-order valence-electron chi connectivity index (χ1n) is 7.90. The van der Waals surface area contributed by atoms with Gasteiger partial charge in [-0.05, 0) is 13.0 Å². The van der Waals surface area contributed by atoms with Gasteiger partial charge in [-0.3, -0.25) is 4.68 Å². The lowest BCUT2D eigenvalue weighted by molar-refractivity contribution is 0.771. The summed E-state index contributed by atoms with van der Waals surface area (Å²) in [6.07, 6.45) is 1.95. The fourth-order valence-corrected chi connectivity index (χ4v) is 4.20. The molecule has 7 heteroatoms. The van der Waals surface area contributed by atoms with E-state index in [2.05, 4.69) is 32.9 Å². The van der Waals surface area contributed by atoms with Gasteiger partial charge in [0.1, 0.15) is 10.7 Å². The number of aryl methyl sites for hydroxylation is 2. The minimum Gasteiger partial charge on any atom is -0.355 e. The third kappa shape index (κ3) is 3.47. The van der Waals surface area contributed by atoms with Crippen molar-refractivity contribution in [2.45, 2.75) is 13.5 Å². The summed E-state index contributed by atoms with van der Waals surface area (Å²) in [7, 11) is 1.92. The van der Waals surface area contributed by atoms with Crippen LogP contribution in [0.2, 0.25) is 0 Å². The molecule has 0 spiro atoms. The Labute approximate surface area is 154 Å². The van der Waals surface area contributed by atoms with Crippen LogP contribution in [-0.4, -0.2) is 19.7 Å². The molecule has 0 unspecified atom stereocenters. The molecule has 3 heterocycles. The fourth-order valence-electron chi connectivity index (χ4n) is 2.53. The molecular formula is C18H17N5S2. The Kier molecular flexibility index (Phi) is 4.33. The number of hydrogen-bond donors (Lipinski definition) is 1. The molecule has 0 aliphatic rings. The summed E-state index contributed by atoms with van der Waals surface area (Å²) in [4.78, 5) is 10.4. The number of aromatic nitrogens is 4. The molecule has 0 saturated carbocycles. The summed E-state index contributed by atoms with van der Waals surface area (Å²) >= 11 is 3.29. The number of thiazole rings is 2. The second kappa shape index (κ2) is 6.78. The van der Waals surface area contributed by atoms with Crippen molar-refractivity contribution in [1.29, 1.82) is 0 Å². The monoisotopic (exact) mass is 367 g/mol. The number of nitrogens with zero attached hydrogens (tertiary/aromatic N) is 4. The lowest BCUT2D eigenvalue weighted by Gasteiger charge is -1.98. The van der Waals surface area contributed by atoms with Crippen molar-refractivity contribution >= 4 is 27.8 Å². The molecule has 126 valence electrons.